The minimum Gasteiger partial charge on any atom is -0.548 e. The number of hydrogen-bond acceptors (Lipinski definition) is 6. The summed E-state index contributed by atoms with van der Waals surface area (Å²) < 4.78 is 74.5. The van der Waals surface area contributed by atoms with E-state index in [0.717, 1.165) is 16.5 Å². The van der Waals surface area contributed by atoms with E-state index in [4.69, 9.17) is 0 Å². The molecule has 2 heterocycles. The zero-order chi connectivity index (χ0) is 21.2. The second-order valence-corrected chi connectivity index (χ2v) is 5.81. The SMILES string of the molecule is O=C([O-])COCC(F)(F)c1nnc2ccc(-c3ccc(OC(F)(F)F)cc3)cn12. The molecule has 0 radical (unpaired) electrons. The van der Waals surface area contributed by atoms with Crippen LogP contribution in [0.4, 0.5) is 22.0 Å². The molecule has 2 aromatic heterocycles. The molecule has 3 aromatic rings. The quantitative estimate of drug-likeness (QED) is 0.549. The van der Waals surface area contributed by atoms with Crippen molar-refractivity contribution in [1.29, 1.82) is 0 Å². The van der Waals surface area contributed by atoms with Crippen molar-refractivity contribution in [3.05, 3.63) is 48.4 Å². The normalized spacial score (nSPS) is 12.3. The summed E-state index contributed by atoms with van der Waals surface area (Å²) in [6.45, 7) is -2.26. The van der Waals surface area contributed by atoms with E-state index in [2.05, 4.69) is 19.7 Å². The number of aliphatic carboxylic acids is 1. The number of benzene rings is 1. The van der Waals surface area contributed by atoms with Crippen molar-refractivity contribution >= 4 is 11.6 Å². The van der Waals surface area contributed by atoms with Gasteiger partial charge in [0.2, 0.25) is 5.82 Å². The van der Waals surface area contributed by atoms with Crippen LogP contribution in [0.3, 0.4) is 0 Å². The van der Waals surface area contributed by atoms with Crippen LogP contribution in [-0.4, -0.2) is 40.1 Å². The summed E-state index contributed by atoms with van der Waals surface area (Å²) >= 11 is 0. The lowest BCUT2D eigenvalue weighted by atomic mass is 10.1. The number of carbonyl (C=O) groups excluding carboxylic acids is 1. The fourth-order valence-corrected chi connectivity index (χ4v) is 2.49. The number of hydrogen-bond donors (Lipinski definition) is 0. The first-order valence-electron chi connectivity index (χ1n) is 7.92. The Morgan fingerprint density at radius 3 is 2.28 bits per heavy atom. The predicted octanol–water partition coefficient (Wildman–Crippen LogP) is 2.15. The Kier molecular flexibility index (Phi) is 5.38. The van der Waals surface area contributed by atoms with Crippen molar-refractivity contribution in [3.8, 4) is 16.9 Å². The fraction of sp³-hybridized carbons (Fsp3) is 0.235. The van der Waals surface area contributed by atoms with E-state index in [9.17, 15) is 31.9 Å². The fourth-order valence-electron chi connectivity index (χ4n) is 2.49. The average molecular weight is 416 g/mol. The molecule has 0 aliphatic heterocycles. The Morgan fingerprint density at radius 1 is 1.00 bits per heavy atom. The molecule has 0 aliphatic rings. The molecule has 0 unspecified atom stereocenters. The lowest BCUT2D eigenvalue weighted by Gasteiger charge is -2.15. The topological polar surface area (TPSA) is 88.8 Å². The van der Waals surface area contributed by atoms with Crippen molar-refractivity contribution in [2.24, 2.45) is 0 Å². The Hall–Kier alpha value is -3.28. The lowest BCUT2D eigenvalue weighted by molar-refractivity contribution is -0.310. The molecule has 0 amide bonds. The number of halogens is 5. The molecular weight excluding hydrogens is 405 g/mol. The molecule has 0 N–H and O–H groups in total. The highest BCUT2D eigenvalue weighted by molar-refractivity contribution is 5.66. The molecule has 1 aromatic carbocycles. The van der Waals surface area contributed by atoms with Crippen LogP contribution < -0.4 is 9.84 Å². The molecule has 3 rings (SSSR count). The van der Waals surface area contributed by atoms with Gasteiger partial charge in [0.1, 0.15) is 12.4 Å². The Labute approximate surface area is 159 Å². The Morgan fingerprint density at radius 2 is 1.66 bits per heavy atom. The number of carboxylic acid groups (broad SMARTS) is 1. The van der Waals surface area contributed by atoms with Gasteiger partial charge in [0.25, 0.3) is 0 Å². The van der Waals surface area contributed by atoms with Crippen LogP contribution >= 0.6 is 0 Å². The smallest absolute Gasteiger partial charge is 0.548 e. The minimum atomic E-state index is -4.83. The van der Waals surface area contributed by atoms with Crippen LogP contribution in [0.25, 0.3) is 16.8 Å². The molecule has 0 bridgehead atoms. The first-order valence-corrected chi connectivity index (χ1v) is 7.92. The molecular formula is C17H11F5N3O4-. The number of alkyl halides is 5. The van der Waals surface area contributed by atoms with Gasteiger partial charge in [-0.25, -0.2) is 0 Å². The van der Waals surface area contributed by atoms with Gasteiger partial charge in [-0.15, -0.1) is 23.4 Å². The van der Waals surface area contributed by atoms with E-state index in [-0.39, 0.29) is 5.65 Å². The molecule has 0 aliphatic carbocycles. The average Bonchev–Trinajstić information content (AvgIpc) is 3.04. The maximum absolute atomic E-state index is 14.3. The third kappa shape index (κ3) is 4.96. The van der Waals surface area contributed by atoms with Crippen molar-refractivity contribution < 1.29 is 41.3 Å². The van der Waals surface area contributed by atoms with Crippen LogP contribution in [-0.2, 0) is 15.5 Å². The molecule has 12 heteroatoms. The Balaban J connectivity index is 1.88. The molecule has 0 atom stereocenters. The number of fused-ring (bicyclic) bond motifs is 1. The predicted molar refractivity (Wildman–Crippen MR) is 84.8 cm³/mol. The van der Waals surface area contributed by atoms with E-state index in [1.165, 1.54) is 30.5 Å². The lowest BCUT2D eigenvalue weighted by Crippen LogP contribution is -2.31. The van der Waals surface area contributed by atoms with Gasteiger partial charge in [-0.05, 0) is 35.4 Å². The van der Waals surface area contributed by atoms with E-state index < -0.39 is 43.0 Å². The van der Waals surface area contributed by atoms with Crippen LogP contribution in [0.15, 0.2) is 42.6 Å². The van der Waals surface area contributed by atoms with Gasteiger partial charge in [-0.3, -0.25) is 4.40 Å². The maximum atomic E-state index is 14.3. The summed E-state index contributed by atoms with van der Waals surface area (Å²) in [5.74, 6) is -6.52. The Bertz CT molecular complexity index is 1020. The molecule has 0 spiro atoms. The number of pyridine rings is 1. The zero-order valence-electron chi connectivity index (χ0n) is 14.3. The first-order chi connectivity index (χ1) is 13.5. The summed E-state index contributed by atoms with van der Waals surface area (Å²) in [6.07, 6.45) is -3.56. The highest BCUT2D eigenvalue weighted by Gasteiger charge is 2.37. The van der Waals surface area contributed by atoms with E-state index >= 15 is 0 Å². The monoisotopic (exact) mass is 416 g/mol. The van der Waals surface area contributed by atoms with Crippen molar-refractivity contribution in [3.63, 3.8) is 0 Å². The zero-order valence-corrected chi connectivity index (χ0v) is 14.3. The van der Waals surface area contributed by atoms with Gasteiger partial charge in [-0.2, -0.15) is 8.78 Å². The molecule has 7 nitrogen and oxygen atoms in total. The van der Waals surface area contributed by atoms with E-state index in [1.807, 2.05) is 0 Å². The standard InChI is InChI=1S/C17H12F5N3O4/c18-16(19,9-28-8-14(26)27)15-24-23-13-6-3-11(7-25(13)15)10-1-4-12(5-2-10)29-17(20,21)22/h1-7H,8-9H2,(H,26,27)/p-1. The summed E-state index contributed by atoms with van der Waals surface area (Å²) in [6, 6.07) is 7.74. The second-order valence-electron chi connectivity index (χ2n) is 5.81. The number of carbonyl (C=O) groups is 1. The largest absolute Gasteiger partial charge is 0.573 e. The summed E-state index contributed by atoms with van der Waals surface area (Å²) in [7, 11) is 0. The van der Waals surface area contributed by atoms with Crippen molar-refractivity contribution in [1.82, 2.24) is 14.6 Å². The van der Waals surface area contributed by atoms with Gasteiger partial charge >= 0.3 is 12.3 Å². The maximum Gasteiger partial charge on any atom is 0.573 e. The minimum absolute atomic E-state index is 0.0837. The highest BCUT2D eigenvalue weighted by atomic mass is 19.4. The third-order valence-corrected chi connectivity index (χ3v) is 3.65. The summed E-state index contributed by atoms with van der Waals surface area (Å²) in [5, 5.41) is 17.4. The van der Waals surface area contributed by atoms with Crippen LogP contribution in [0.1, 0.15) is 5.82 Å². The number of rotatable bonds is 7. The molecule has 0 saturated heterocycles. The number of carboxylic acids is 1. The molecule has 0 saturated carbocycles. The van der Waals surface area contributed by atoms with Crippen LogP contribution in [0.2, 0.25) is 0 Å². The van der Waals surface area contributed by atoms with Gasteiger partial charge in [0, 0.05) is 6.20 Å². The van der Waals surface area contributed by atoms with Gasteiger partial charge < -0.3 is 19.4 Å². The van der Waals surface area contributed by atoms with Crippen molar-refractivity contribution in [2.75, 3.05) is 13.2 Å². The highest BCUT2D eigenvalue weighted by Crippen LogP contribution is 2.30. The third-order valence-electron chi connectivity index (χ3n) is 3.65. The number of aromatic nitrogens is 3. The van der Waals surface area contributed by atoms with E-state index in [1.54, 1.807) is 0 Å². The number of nitrogens with zero attached hydrogens (tertiary/aromatic N) is 3. The first kappa shape index (κ1) is 20.5. The summed E-state index contributed by atoms with van der Waals surface area (Å²) in [4.78, 5) is 10.3. The molecule has 154 valence electrons. The molecule has 29 heavy (non-hydrogen) atoms. The van der Waals surface area contributed by atoms with Gasteiger partial charge in [0.05, 0.1) is 12.6 Å². The van der Waals surface area contributed by atoms with Gasteiger partial charge in [0.15, 0.2) is 5.65 Å². The number of ether oxygens (including phenoxy) is 2. The molecule has 0 fully saturated rings. The van der Waals surface area contributed by atoms with E-state index in [0.29, 0.717) is 11.1 Å². The van der Waals surface area contributed by atoms with Crippen LogP contribution in [0.5, 0.6) is 5.75 Å². The van der Waals surface area contributed by atoms with Crippen molar-refractivity contribution in [2.45, 2.75) is 12.3 Å². The van der Waals surface area contributed by atoms with Gasteiger partial charge in [-0.1, -0.05) is 12.1 Å². The van der Waals surface area contributed by atoms with Crippen LogP contribution in [0, 0.1) is 0 Å². The second kappa shape index (κ2) is 7.62. The summed E-state index contributed by atoms with van der Waals surface area (Å²) in [5.41, 5.74) is 0.904.